The normalized spacial score (nSPS) is 12.3. The van der Waals surface area contributed by atoms with Crippen LogP contribution < -0.4 is 5.73 Å². The van der Waals surface area contributed by atoms with Crippen LogP contribution in [0.5, 0.6) is 0 Å². The second kappa shape index (κ2) is 6.15. The molecule has 0 saturated heterocycles. The van der Waals surface area contributed by atoms with Crippen LogP contribution in [0.1, 0.15) is 17.5 Å². The van der Waals surface area contributed by atoms with E-state index in [1.54, 1.807) is 6.20 Å². The molecule has 1 atom stereocenters. The van der Waals surface area contributed by atoms with E-state index in [1.165, 1.54) is 0 Å². The van der Waals surface area contributed by atoms with Crippen LogP contribution in [0.25, 0.3) is 11.5 Å². The van der Waals surface area contributed by atoms with Gasteiger partial charge < -0.3 is 10.3 Å². The molecule has 2 N–H and O–H groups in total. The minimum absolute atomic E-state index is 0.337. The predicted octanol–water partition coefficient (Wildman–Crippen LogP) is 3.14. The van der Waals surface area contributed by atoms with Crippen molar-refractivity contribution in [3.05, 3.63) is 64.6 Å². The number of aromatic nitrogens is 3. The summed E-state index contributed by atoms with van der Waals surface area (Å²) in [6.45, 7) is 0. The molecule has 0 saturated carbocycles. The Bertz CT molecular complexity index is 729. The van der Waals surface area contributed by atoms with E-state index < -0.39 is 0 Å². The quantitative estimate of drug-likeness (QED) is 0.786. The van der Waals surface area contributed by atoms with Crippen LogP contribution in [0.15, 0.2) is 57.7 Å². The fourth-order valence-corrected chi connectivity index (χ4v) is 2.42. The van der Waals surface area contributed by atoms with E-state index in [-0.39, 0.29) is 6.04 Å². The van der Waals surface area contributed by atoms with Crippen molar-refractivity contribution in [1.82, 2.24) is 15.1 Å². The zero-order valence-corrected chi connectivity index (χ0v) is 12.7. The van der Waals surface area contributed by atoms with Gasteiger partial charge >= 0.3 is 0 Å². The second-order valence-corrected chi connectivity index (χ2v) is 5.44. The van der Waals surface area contributed by atoms with Crippen LogP contribution in [-0.2, 0) is 6.42 Å². The summed E-state index contributed by atoms with van der Waals surface area (Å²) >= 11 is 3.42. The summed E-state index contributed by atoms with van der Waals surface area (Å²) in [4.78, 5) is 8.57. The lowest BCUT2D eigenvalue weighted by molar-refractivity contribution is 0.354. The average Bonchev–Trinajstić information content (AvgIpc) is 2.98. The van der Waals surface area contributed by atoms with Gasteiger partial charge in [-0.25, -0.2) is 0 Å². The van der Waals surface area contributed by atoms with Gasteiger partial charge in [-0.15, -0.1) is 0 Å². The maximum atomic E-state index is 6.13. The number of rotatable bonds is 4. The number of halogens is 1. The van der Waals surface area contributed by atoms with E-state index >= 15 is 0 Å². The highest BCUT2D eigenvalue weighted by molar-refractivity contribution is 9.10. The van der Waals surface area contributed by atoms with Crippen LogP contribution in [0.4, 0.5) is 0 Å². The van der Waals surface area contributed by atoms with Crippen molar-refractivity contribution in [3.63, 3.8) is 0 Å². The lowest BCUT2D eigenvalue weighted by atomic mass is 10.1. The fourth-order valence-electron chi connectivity index (χ4n) is 1.99. The summed E-state index contributed by atoms with van der Waals surface area (Å²) in [6.07, 6.45) is 2.33. The molecular formula is C15H13BrN4O. The van der Waals surface area contributed by atoms with Crippen molar-refractivity contribution in [3.8, 4) is 11.5 Å². The summed E-state index contributed by atoms with van der Waals surface area (Å²) in [5.41, 5.74) is 7.89. The van der Waals surface area contributed by atoms with Crippen LogP contribution >= 0.6 is 15.9 Å². The van der Waals surface area contributed by atoms with Crippen LogP contribution in [-0.4, -0.2) is 15.1 Å². The first-order chi connectivity index (χ1) is 10.2. The Morgan fingerprint density at radius 3 is 2.71 bits per heavy atom. The zero-order chi connectivity index (χ0) is 14.7. The molecule has 0 bridgehead atoms. The molecule has 0 aliphatic heterocycles. The van der Waals surface area contributed by atoms with Crippen LogP contribution in [0, 0.1) is 0 Å². The number of pyridine rings is 1. The van der Waals surface area contributed by atoms with E-state index in [4.69, 9.17) is 10.3 Å². The van der Waals surface area contributed by atoms with Gasteiger partial charge in [0.2, 0.25) is 11.7 Å². The van der Waals surface area contributed by atoms with Gasteiger partial charge in [0.05, 0.1) is 6.04 Å². The number of nitrogens with zero attached hydrogens (tertiary/aromatic N) is 3. The molecule has 3 aromatic rings. The summed E-state index contributed by atoms with van der Waals surface area (Å²) in [5.74, 6) is 0.840. The predicted molar refractivity (Wildman–Crippen MR) is 82.3 cm³/mol. The SMILES string of the molecule is NC(Cc1ccccc1)c1nc(-c2ncccc2Br)no1. The van der Waals surface area contributed by atoms with Gasteiger partial charge in [-0.2, -0.15) is 4.98 Å². The number of benzene rings is 1. The van der Waals surface area contributed by atoms with Gasteiger partial charge in [-0.05, 0) is 40.0 Å². The molecule has 2 heterocycles. The van der Waals surface area contributed by atoms with Crippen LogP contribution in [0.3, 0.4) is 0 Å². The Labute approximate surface area is 130 Å². The Balaban J connectivity index is 1.80. The van der Waals surface area contributed by atoms with Gasteiger partial charge in [0.1, 0.15) is 5.69 Å². The largest absolute Gasteiger partial charge is 0.337 e. The third-order valence-corrected chi connectivity index (χ3v) is 3.67. The summed E-state index contributed by atoms with van der Waals surface area (Å²) < 4.78 is 6.07. The first-order valence-corrected chi connectivity index (χ1v) is 7.27. The monoisotopic (exact) mass is 344 g/mol. The molecule has 0 fully saturated rings. The Morgan fingerprint density at radius 2 is 1.95 bits per heavy atom. The molecule has 3 rings (SSSR count). The zero-order valence-electron chi connectivity index (χ0n) is 11.1. The van der Waals surface area contributed by atoms with E-state index in [0.29, 0.717) is 23.8 Å². The molecule has 2 aromatic heterocycles. The van der Waals surface area contributed by atoms with Crippen molar-refractivity contribution in [1.29, 1.82) is 0 Å². The summed E-state index contributed by atoms with van der Waals surface area (Å²) in [5, 5.41) is 3.95. The van der Waals surface area contributed by atoms with Crippen molar-refractivity contribution >= 4 is 15.9 Å². The van der Waals surface area contributed by atoms with Crippen molar-refractivity contribution in [2.75, 3.05) is 0 Å². The van der Waals surface area contributed by atoms with Gasteiger partial charge in [0.25, 0.3) is 0 Å². The number of hydrogen-bond donors (Lipinski definition) is 1. The molecule has 6 heteroatoms. The maximum Gasteiger partial charge on any atom is 0.244 e. The first kappa shape index (κ1) is 13.9. The molecule has 0 amide bonds. The Hall–Kier alpha value is -2.05. The van der Waals surface area contributed by atoms with Gasteiger partial charge in [-0.3, -0.25) is 4.98 Å². The number of hydrogen-bond acceptors (Lipinski definition) is 5. The summed E-state index contributed by atoms with van der Waals surface area (Å²) in [7, 11) is 0. The smallest absolute Gasteiger partial charge is 0.244 e. The minimum Gasteiger partial charge on any atom is -0.337 e. The molecule has 106 valence electrons. The van der Waals surface area contributed by atoms with Crippen LogP contribution in [0.2, 0.25) is 0 Å². The average molecular weight is 345 g/mol. The molecule has 0 aliphatic rings. The van der Waals surface area contributed by atoms with E-state index in [0.717, 1.165) is 10.0 Å². The third kappa shape index (κ3) is 3.17. The Morgan fingerprint density at radius 1 is 1.14 bits per heavy atom. The lowest BCUT2D eigenvalue weighted by Gasteiger charge is -2.05. The topological polar surface area (TPSA) is 77.8 Å². The van der Waals surface area contributed by atoms with Gasteiger partial charge in [0, 0.05) is 10.7 Å². The molecule has 1 aromatic carbocycles. The maximum absolute atomic E-state index is 6.13. The summed E-state index contributed by atoms with van der Waals surface area (Å²) in [6, 6.07) is 13.3. The molecule has 0 radical (unpaired) electrons. The molecule has 21 heavy (non-hydrogen) atoms. The molecule has 0 aliphatic carbocycles. The van der Waals surface area contributed by atoms with E-state index in [1.807, 2.05) is 42.5 Å². The van der Waals surface area contributed by atoms with E-state index in [2.05, 4.69) is 31.1 Å². The third-order valence-electron chi connectivity index (χ3n) is 3.03. The van der Waals surface area contributed by atoms with Gasteiger partial charge in [-0.1, -0.05) is 35.5 Å². The van der Waals surface area contributed by atoms with Crippen molar-refractivity contribution in [2.45, 2.75) is 12.5 Å². The molecule has 0 spiro atoms. The minimum atomic E-state index is -0.337. The highest BCUT2D eigenvalue weighted by Crippen LogP contribution is 2.24. The first-order valence-electron chi connectivity index (χ1n) is 6.48. The highest BCUT2D eigenvalue weighted by Gasteiger charge is 2.18. The Kier molecular flexibility index (Phi) is 4.08. The van der Waals surface area contributed by atoms with Crippen molar-refractivity contribution in [2.24, 2.45) is 5.73 Å². The second-order valence-electron chi connectivity index (χ2n) is 4.59. The fraction of sp³-hybridized carbons (Fsp3) is 0.133. The standard InChI is InChI=1S/C15H13BrN4O/c16-11-7-4-8-18-13(11)14-19-15(21-20-14)12(17)9-10-5-2-1-3-6-10/h1-8,12H,9,17H2. The molecular weight excluding hydrogens is 332 g/mol. The van der Waals surface area contributed by atoms with Gasteiger partial charge in [0.15, 0.2) is 0 Å². The van der Waals surface area contributed by atoms with E-state index in [9.17, 15) is 0 Å². The number of nitrogens with two attached hydrogens (primary N) is 1. The highest BCUT2D eigenvalue weighted by atomic mass is 79.9. The van der Waals surface area contributed by atoms with Crippen molar-refractivity contribution < 1.29 is 4.52 Å². The molecule has 5 nitrogen and oxygen atoms in total. The lowest BCUT2D eigenvalue weighted by Crippen LogP contribution is -2.13. The molecule has 1 unspecified atom stereocenters.